The van der Waals surface area contributed by atoms with Crippen molar-refractivity contribution in [1.82, 2.24) is 15.1 Å². The molecule has 0 radical (unpaired) electrons. The standard InChI is InChI=1S/C14H16ClN3O2/c15-12-8-11(9-13-14(12)20-7-6-19-13)10-16-3-5-18-4-1-2-17-18/h1-2,4,8-9,16H,3,5-7,10H2. The van der Waals surface area contributed by atoms with Crippen LogP contribution in [0.1, 0.15) is 5.56 Å². The minimum absolute atomic E-state index is 0.550. The number of nitrogens with zero attached hydrogens (tertiary/aromatic N) is 2. The fraction of sp³-hybridized carbons (Fsp3) is 0.357. The molecule has 20 heavy (non-hydrogen) atoms. The van der Waals surface area contributed by atoms with Crippen LogP contribution in [0.15, 0.2) is 30.6 Å². The van der Waals surface area contributed by atoms with Gasteiger partial charge in [0.15, 0.2) is 11.5 Å². The molecule has 2 aromatic rings. The summed E-state index contributed by atoms with van der Waals surface area (Å²) < 4.78 is 12.9. The molecule has 0 unspecified atom stereocenters. The molecule has 0 fully saturated rings. The number of benzene rings is 1. The summed E-state index contributed by atoms with van der Waals surface area (Å²) in [6, 6.07) is 5.80. The molecule has 0 aliphatic carbocycles. The Labute approximate surface area is 122 Å². The van der Waals surface area contributed by atoms with Crippen molar-refractivity contribution in [3.05, 3.63) is 41.2 Å². The summed E-state index contributed by atoms with van der Waals surface area (Å²) in [6.45, 7) is 3.53. The largest absolute Gasteiger partial charge is 0.486 e. The van der Waals surface area contributed by atoms with Crippen molar-refractivity contribution in [3.63, 3.8) is 0 Å². The van der Waals surface area contributed by atoms with E-state index in [1.165, 1.54) is 0 Å². The molecule has 1 aliphatic rings. The lowest BCUT2D eigenvalue weighted by Crippen LogP contribution is -2.20. The number of hydrogen-bond acceptors (Lipinski definition) is 4. The van der Waals surface area contributed by atoms with Crippen LogP contribution in [0.3, 0.4) is 0 Å². The van der Waals surface area contributed by atoms with Crippen LogP contribution in [0.4, 0.5) is 0 Å². The summed E-state index contributed by atoms with van der Waals surface area (Å²) in [7, 11) is 0. The highest BCUT2D eigenvalue weighted by Gasteiger charge is 2.16. The number of nitrogens with one attached hydrogen (secondary N) is 1. The molecule has 6 heteroatoms. The minimum atomic E-state index is 0.550. The van der Waals surface area contributed by atoms with Crippen LogP contribution in [-0.4, -0.2) is 29.5 Å². The van der Waals surface area contributed by atoms with Crippen molar-refractivity contribution >= 4 is 11.6 Å². The molecule has 1 aliphatic heterocycles. The molecule has 0 amide bonds. The summed E-state index contributed by atoms with van der Waals surface area (Å²) in [4.78, 5) is 0. The first-order valence-corrected chi connectivity index (χ1v) is 6.97. The first-order valence-electron chi connectivity index (χ1n) is 6.59. The summed E-state index contributed by atoms with van der Waals surface area (Å²) in [5, 5.41) is 8.11. The quantitative estimate of drug-likeness (QED) is 0.858. The fourth-order valence-corrected chi connectivity index (χ4v) is 2.41. The van der Waals surface area contributed by atoms with Crippen molar-refractivity contribution in [2.24, 2.45) is 0 Å². The fourth-order valence-electron chi connectivity index (χ4n) is 2.13. The SMILES string of the molecule is Clc1cc(CNCCn2cccn2)cc2c1OCCO2. The average molecular weight is 294 g/mol. The predicted octanol–water partition coefficient (Wildman–Crippen LogP) is 2.10. The van der Waals surface area contributed by atoms with Crippen LogP contribution in [0.25, 0.3) is 0 Å². The van der Waals surface area contributed by atoms with Crippen molar-refractivity contribution in [2.75, 3.05) is 19.8 Å². The Morgan fingerprint density at radius 1 is 1.30 bits per heavy atom. The second-order valence-electron chi connectivity index (χ2n) is 4.55. The molecule has 0 spiro atoms. The maximum atomic E-state index is 6.19. The Morgan fingerprint density at radius 2 is 2.20 bits per heavy atom. The smallest absolute Gasteiger partial charge is 0.179 e. The van der Waals surface area contributed by atoms with E-state index in [0.717, 1.165) is 30.9 Å². The topological polar surface area (TPSA) is 48.3 Å². The molecular formula is C14H16ClN3O2. The van der Waals surface area contributed by atoms with Crippen molar-refractivity contribution < 1.29 is 9.47 Å². The zero-order valence-electron chi connectivity index (χ0n) is 11.0. The Bertz CT molecular complexity index is 572. The van der Waals surface area contributed by atoms with Gasteiger partial charge in [0.25, 0.3) is 0 Å². The highest BCUT2D eigenvalue weighted by Crippen LogP contribution is 2.38. The maximum Gasteiger partial charge on any atom is 0.179 e. The highest BCUT2D eigenvalue weighted by atomic mass is 35.5. The van der Waals surface area contributed by atoms with Gasteiger partial charge in [0.2, 0.25) is 0 Å². The molecule has 0 saturated carbocycles. The Balaban J connectivity index is 1.56. The summed E-state index contributed by atoms with van der Waals surface area (Å²) in [5.74, 6) is 1.38. The normalized spacial score (nSPS) is 13.4. The molecule has 0 saturated heterocycles. The van der Waals surface area contributed by atoms with E-state index in [4.69, 9.17) is 21.1 Å². The van der Waals surface area contributed by atoms with Crippen LogP contribution in [0.5, 0.6) is 11.5 Å². The lowest BCUT2D eigenvalue weighted by atomic mass is 10.2. The summed E-state index contributed by atoms with van der Waals surface area (Å²) in [6.07, 6.45) is 3.73. The lowest BCUT2D eigenvalue weighted by Gasteiger charge is -2.20. The van der Waals surface area contributed by atoms with Crippen LogP contribution >= 0.6 is 11.6 Å². The van der Waals surface area contributed by atoms with Gasteiger partial charge >= 0.3 is 0 Å². The van der Waals surface area contributed by atoms with Crippen molar-refractivity contribution in [3.8, 4) is 11.5 Å². The van der Waals surface area contributed by atoms with Gasteiger partial charge in [0.05, 0.1) is 11.6 Å². The minimum Gasteiger partial charge on any atom is -0.486 e. The maximum absolute atomic E-state index is 6.19. The molecular weight excluding hydrogens is 278 g/mol. The van der Waals surface area contributed by atoms with Crippen molar-refractivity contribution in [1.29, 1.82) is 0 Å². The number of hydrogen-bond donors (Lipinski definition) is 1. The molecule has 2 heterocycles. The third-order valence-electron chi connectivity index (χ3n) is 3.06. The van der Waals surface area contributed by atoms with Crippen LogP contribution in [-0.2, 0) is 13.1 Å². The Kier molecular flexibility index (Phi) is 4.08. The number of ether oxygens (including phenoxy) is 2. The highest BCUT2D eigenvalue weighted by molar-refractivity contribution is 6.32. The first kappa shape index (κ1) is 13.3. The number of halogens is 1. The van der Waals surface area contributed by atoms with Gasteiger partial charge in [-0.1, -0.05) is 11.6 Å². The van der Waals surface area contributed by atoms with Crippen LogP contribution in [0, 0.1) is 0 Å². The second-order valence-corrected chi connectivity index (χ2v) is 4.95. The third-order valence-corrected chi connectivity index (χ3v) is 3.34. The third kappa shape index (κ3) is 3.05. The Morgan fingerprint density at radius 3 is 3.05 bits per heavy atom. The molecule has 106 valence electrons. The van der Waals surface area contributed by atoms with Crippen LogP contribution < -0.4 is 14.8 Å². The van der Waals surface area contributed by atoms with Gasteiger partial charge in [-0.2, -0.15) is 5.10 Å². The number of aromatic nitrogens is 2. The zero-order chi connectivity index (χ0) is 13.8. The van der Waals surface area contributed by atoms with E-state index in [1.807, 2.05) is 29.1 Å². The molecule has 1 aromatic heterocycles. The van der Waals surface area contributed by atoms with E-state index in [-0.39, 0.29) is 0 Å². The lowest BCUT2D eigenvalue weighted by molar-refractivity contribution is 0.171. The van der Waals surface area contributed by atoms with Gasteiger partial charge in [-0.05, 0) is 23.8 Å². The van der Waals surface area contributed by atoms with Crippen LogP contribution in [0.2, 0.25) is 5.02 Å². The number of rotatable bonds is 5. The van der Waals surface area contributed by atoms with Crippen molar-refractivity contribution in [2.45, 2.75) is 13.1 Å². The van der Waals surface area contributed by atoms with Gasteiger partial charge < -0.3 is 14.8 Å². The predicted molar refractivity (Wildman–Crippen MR) is 76.4 cm³/mol. The average Bonchev–Trinajstić information content (AvgIpc) is 2.97. The van der Waals surface area contributed by atoms with E-state index in [9.17, 15) is 0 Å². The summed E-state index contributed by atoms with van der Waals surface area (Å²) >= 11 is 6.19. The molecule has 1 aromatic carbocycles. The molecule has 0 atom stereocenters. The monoisotopic (exact) mass is 293 g/mol. The number of fused-ring (bicyclic) bond motifs is 1. The second kappa shape index (κ2) is 6.15. The molecule has 1 N–H and O–H groups in total. The van der Waals surface area contributed by atoms with Gasteiger partial charge in [0, 0.05) is 25.5 Å². The zero-order valence-corrected chi connectivity index (χ0v) is 11.8. The van der Waals surface area contributed by atoms with Gasteiger partial charge in [0.1, 0.15) is 13.2 Å². The molecule has 0 bridgehead atoms. The van der Waals surface area contributed by atoms with Gasteiger partial charge in [-0.3, -0.25) is 4.68 Å². The Hall–Kier alpha value is -1.72. The van der Waals surface area contributed by atoms with E-state index in [2.05, 4.69) is 10.4 Å². The van der Waals surface area contributed by atoms with E-state index >= 15 is 0 Å². The molecule has 3 rings (SSSR count). The van der Waals surface area contributed by atoms with E-state index in [0.29, 0.717) is 24.0 Å². The van der Waals surface area contributed by atoms with Gasteiger partial charge in [-0.25, -0.2) is 0 Å². The first-order chi connectivity index (χ1) is 9.83. The van der Waals surface area contributed by atoms with E-state index in [1.54, 1.807) is 6.20 Å². The summed E-state index contributed by atoms with van der Waals surface area (Å²) in [5.41, 5.74) is 1.08. The van der Waals surface area contributed by atoms with E-state index < -0.39 is 0 Å². The molecule has 5 nitrogen and oxygen atoms in total. The van der Waals surface area contributed by atoms with Gasteiger partial charge in [-0.15, -0.1) is 0 Å².